The minimum Gasteiger partial charge on any atom is -0.203 e. The molecular formula is C14H4F10S. The van der Waals surface area contributed by atoms with Crippen LogP contribution >= 0.6 is 11.8 Å². The SMILES string of the molecule is Fc1c(F)c(F)c(CCSc2c(F)c(F)c(F)c(F)c2F)c(F)c1F. The Labute approximate surface area is 137 Å². The Hall–Kier alpha value is -1.91. The fraction of sp³-hybridized carbons (Fsp3) is 0.143. The van der Waals surface area contributed by atoms with Crippen molar-refractivity contribution in [2.24, 2.45) is 0 Å². The minimum absolute atomic E-state index is 0.0298. The van der Waals surface area contributed by atoms with E-state index in [0.717, 1.165) is 0 Å². The van der Waals surface area contributed by atoms with Gasteiger partial charge >= 0.3 is 0 Å². The molecule has 0 unspecified atom stereocenters. The molecular weight excluding hydrogens is 390 g/mol. The molecule has 0 radical (unpaired) electrons. The summed E-state index contributed by atoms with van der Waals surface area (Å²) in [6, 6.07) is 0. The van der Waals surface area contributed by atoms with Crippen molar-refractivity contribution >= 4 is 11.8 Å². The zero-order chi connectivity index (χ0) is 19.0. The quantitative estimate of drug-likeness (QED) is 0.289. The largest absolute Gasteiger partial charge is 0.203 e. The highest BCUT2D eigenvalue weighted by Crippen LogP contribution is 2.32. The van der Waals surface area contributed by atoms with Crippen LogP contribution in [0.3, 0.4) is 0 Å². The Morgan fingerprint density at radius 3 is 1.16 bits per heavy atom. The van der Waals surface area contributed by atoms with Gasteiger partial charge in [-0.15, -0.1) is 11.8 Å². The first kappa shape index (κ1) is 19.4. The van der Waals surface area contributed by atoms with Crippen molar-refractivity contribution in [3.63, 3.8) is 0 Å². The monoisotopic (exact) mass is 394 g/mol. The Morgan fingerprint density at radius 1 is 0.440 bits per heavy atom. The Kier molecular flexibility index (Phi) is 5.55. The summed E-state index contributed by atoms with van der Waals surface area (Å²) < 4.78 is 131. The van der Waals surface area contributed by atoms with Crippen LogP contribution in [-0.4, -0.2) is 5.75 Å². The van der Waals surface area contributed by atoms with Gasteiger partial charge in [0.2, 0.25) is 11.6 Å². The summed E-state index contributed by atoms with van der Waals surface area (Å²) in [5.41, 5.74) is -1.27. The van der Waals surface area contributed by atoms with Gasteiger partial charge in [0.25, 0.3) is 0 Å². The summed E-state index contributed by atoms with van der Waals surface area (Å²) in [6.07, 6.45) is -0.921. The molecule has 0 bridgehead atoms. The van der Waals surface area contributed by atoms with Crippen LogP contribution in [-0.2, 0) is 6.42 Å². The van der Waals surface area contributed by atoms with Gasteiger partial charge in [-0.3, -0.25) is 0 Å². The molecule has 0 saturated heterocycles. The second-order valence-corrected chi connectivity index (χ2v) is 5.65. The molecule has 2 aromatic rings. The Balaban J connectivity index is 2.29. The van der Waals surface area contributed by atoms with Crippen molar-refractivity contribution in [3.8, 4) is 0 Å². The third-order valence-corrected chi connectivity index (χ3v) is 4.12. The van der Waals surface area contributed by atoms with Crippen molar-refractivity contribution in [1.82, 2.24) is 0 Å². The van der Waals surface area contributed by atoms with Crippen LogP contribution in [0.25, 0.3) is 0 Å². The maximum Gasteiger partial charge on any atom is 0.200 e. The lowest BCUT2D eigenvalue weighted by atomic mass is 10.1. The van der Waals surface area contributed by atoms with Gasteiger partial charge in [-0.05, 0) is 6.42 Å². The van der Waals surface area contributed by atoms with E-state index in [1.54, 1.807) is 0 Å². The molecule has 0 aliphatic carbocycles. The molecule has 0 aromatic heterocycles. The average molecular weight is 394 g/mol. The van der Waals surface area contributed by atoms with E-state index in [9.17, 15) is 43.9 Å². The molecule has 11 heteroatoms. The van der Waals surface area contributed by atoms with Gasteiger partial charge in [0.1, 0.15) is 0 Å². The number of thioether (sulfide) groups is 1. The van der Waals surface area contributed by atoms with E-state index in [0.29, 0.717) is 0 Å². The number of halogens is 10. The molecule has 2 rings (SSSR count). The van der Waals surface area contributed by atoms with Gasteiger partial charge < -0.3 is 0 Å². The standard InChI is InChI=1S/C14H4F10S/c15-4-3(5(16)7(18)8(19)6(4)17)1-2-25-14-12(23)10(21)9(20)11(22)13(14)24/h1-2H2. The summed E-state index contributed by atoms with van der Waals surface area (Å²) in [4.78, 5) is -1.33. The summed E-state index contributed by atoms with van der Waals surface area (Å²) in [5.74, 6) is -23.0. The van der Waals surface area contributed by atoms with Crippen molar-refractivity contribution in [3.05, 3.63) is 63.7 Å². The first-order chi connectivity index (χ1) is 11.6. The van der Waals surface area contributed by atoms with Crippen molar-refractivity contribution in [2.45, 2.75) is 11.3 Å². The zero-order valence-corrected chi connectivity index (χ0v) is 12.4. The van der Waals surface area contributed by atoms with Gasteiger partial charge in [0.15, 0.2) is 46.5 Å². The minimum atomic E-state index is -2.39. The van der Waals surface area contributed by atoms with Crippen molar-refractivity contribution < 1.29 is 43.9 Å². The molecule has 0 nitrogen and oxygen atoms in total. The molecule has 0 spiro atoms. The molecule has 0 atom stereocenters. The molecule has 0 aliphatic rings. The fourth-order valence-electron chi connectivity index (χ4n) is 1.84. The van der Waals surface area contributed by atoms with Crippen LogP contribution in [0.5, 0.6) is 0 Å². The third kappa shape index (κ3) is 3.29. The van der Waals surface area contributed by atoms with E-state index in [4.69, 9.17) is 0 Å². The number of benzene rings is 2. The summed E-state index contributed by atoms with van der Waals surface area (Å²) in [7, 11) is 0. The predicted molar refractivity (Wildman–Crippen MR) is 66.9 cm³/mol. The molecule has 0 aliphatic heterocycles. The normalized spacial score (nSPS) is 11.3. The first-order valence-corrected chi connectivity index (χ1v) is 7.22. The van der Waals surface area contributed by atoms with Crippen molar-refractivity contribution in [1.29, 1.82) is 0 Å². The fourth-order valence-corrected chi connectivity index (χ4v) is 2.78. The Bertz CT molecular complexity index is 721. The van der Waals surface area contributed by atoms with Crippen LogP contribution in [0, 0.1) is 58.2 Å². The van der Waals surface area contributed by atoms with E-state index >= 15 is 0 Å². The van der Waals surface area contributed by atoms with Gasteiger partial charge in [0.05, 0.1) is 4.90 Å². The van der Waals surface area contributed by atoms with Gasteiger partial charge in [-0.25, -0.2) is 43.9 Å². The Morgan fingerprint density at radius 2 is 0.760 bits per heavy atom. The molecule has 0 N–H and O–H groups in total. The average Bonchev–Trinajstić information content (AvgIpc) is 2.60. The highest BCUT2D eigenvalue weighted by Gasteiger charge is 2.28. The maximum absolute atomic E-state index is 13.4. The van der Waals surface area contributed by atoms with Gasteiger partial charge in [-0.1, -0.05) is 0 Å². The van der Waals surface area contributed by atoms with E-state index in [-0.39, 0.29) is 11.8 Å². The molecule has 0 amide bonds. The van der Waals surface area contributed by atoms with Crippen LogP contribution in [0.4, 0.5) is 43.9 Å². The summed E-state index contributed by atoms with van der Waals surface area (Å²) >= 11 is -0.0298. The first-order valence-electron chi connectivity index (χ1n) is 6.24. The van der Waals surface area contributed by atoms with Crippen LogP contribution in [0.15, 0.2) is 4.90 Å². The summed E-state index contributed by atoms with van der Waals surface area (Å²) in [5, 5.41) is 0. The third-order valence-electron chi connectivity index (χ3n) is 3.07. The smallest absolute Gasteiger partial charge is 0.200 e. The molecule has 25 heavy (non-hydrogen) atoms. The van der Waals surface area contributed by atoms with Crippen LogP contribution in [0.2, 0.25) is 0 Å². The second-order valence-electron chi connectivity index (χ2n) is 4.55. The molecule has 0 fully saturated rings. The maximum atomic E-state index is 13.4. The highest BCUT2D eigenvalue weighted by atomic mass is 32.2. The highest BCUT2D eigenvalue weighted by molar-refractivity contribution is 7.99. The van der Waals surface area contributed by atoms with E-state index in [1.165, 1.54) is 0 Å². The molecule has 0 saturated carbocycles. The topological polar surface area (TPSA) is 0 Å². The second kappa shape index (κ2) is 7.14. The summed E-state index contributed by atoms with van der Waals surface area (Å²) in [6.45, 7) is 0. The van der Waals surface area contributed by atoms with Gasteiger partial charge in [0, 0.05) is 11.3 Å². The van der Waals surface area contributed by atoms with E-state index in [2.05, 4.69) is 0 Å². The number of hydrogen-bond acceptors (Lipinski definition) is 1. The predicted octanol–water partition coefficient (Wildman–Crippen LogP) is 5.41. The molecule has 2 aromatic carbocycles. The van der Waals surface area contributed by atoms with E-state index in [1.807, 2.05) is 0 Å². The van der Waals surface area contributed by atoms with E-state index < -0.39 is 80.8 Å². The molecule has 0 heterocycles. The van der Waals surface area contributed by atoms with Gasteiger partial charge in [-0.2, -0.15) is 0 Å². The number of hydrogen-bond donors (Lipinski definition) is 0. The van der Waals surface area contributed by atoms with Crippen LogP contribution < -0.4 is 0 Å². The lowest BCUT2D eigenvalue weighted by molar-refractivity contribution is 0.361. The molecule has 136 valence electrons. The zero-order valence-electron chi connectivity index (χ0n) is 11.6. The van der Waals surface area contributed by atoms with Crippen LogP contribution in [0.1, 0.15) is 5.56 Å². The number of rotatable bonds is 4. The lowest BCUT2D eigenvalue weighted by Crippen LogP contribution is -2.08. The lowest BCUT2D eigenvalue weighted by Gasteiger charge is -2.10. The van der Waals surface area contributed by atoms with Crippen molar-refractivity contribution in [2.75, 3.05) is 5.75 Å².